The van der Waals surface area contributed by atoms with Crippen molar-refractivity contribution in [2.75, 3.05) is 0 Å². The van der Waals surface area contributed by atoms with Gasteiger partial charge >= 0.3 is 17.9 Å². The molecule has 0 amide bonds. The van der Waals surface area contributed by atoms with Gasteiger partial charge in [0.1, 0.15) is 6.04 Å². The molecule has 0 bridgehead atoms. The van der Waals surface area contributed by atoms with Gasteiger partial charge in [-0.2, -0.15) is 0 Å². The Morgan fingerprint density at radius 1 is 1.25 bits per heavy atom. The molecule has 0 saturated heterocycles. The molecule has 0 unspecified atom stereocenters. The molecule has 0 aliphatic rings. The summed E-state index contributed by atoms with van der Waals surface area (Å²) in [5.74, 6) is -2.37. The number of benzene rings is 1. The Hall–Kier alpha value is -2.41. The first-order valence-electron chi connectivity index (χ1n) is 5.77. The Kier molecular flexibility index (Phi) is 5.22. The van der Waals surface area contributed by atoms with Gasteiger partial charge in [0, 0.05) is 13.8 Å². The normalized spacial score (nSPS) is 11.6. The Morgan fingerprint density at radius 2 is 1.90 bits per heavy atom. The molecule has 108 valence electrons. The summed E-state index contributed by atoms with van der Waals surface area (Å²) in [7, 11) is 0. The van der Waals surface area contributed by atoms with Crippen LogP contribution < -0.4 is 10.5 Å². The quantitative estimate of drug-likeness (QED) is 0.462. The van der Waals surface area contributed by atoms with Crippen LogP contribution in [-0.2, 0) is 25.5 Å². The first-order chi connectivity index (χ1) is 9.29. The second kappa shape index (κ2) is 6.67. The molecule has 20 heavy (non-hydrogen) atoms. The average molecular weight is 281 g/mol. The Balaban J connectivity index is 2.74. The van der Waals surface area contributed by atoms with Crippen molar-refractivity contribution < 1.29 is 29.0 Å². The van der Waals surface area contributed by atoms with Crippen LogP contribution in [0.1, 0.15) is 19.4 Å². The lowest BCUT2D eigenvalue weighted by atomic mass is 10.1. The van der Waals surface area contributed by atoms with Gasteiger partial charge < -0.3 is 20.3 Å². The molecule has 7 nitrogen and oxygen atoms in total. The minimum Gasteiger partial charge on any atom is -0.504 e. The highest BCUT2D eigenvalue weighted by molar-refractivity contribution is 5.87. The largest absolute Gasteiger partial charge is 0.504 e. The molecule has 7 heteroatoms. The van der Waals surface area contributed by atoms with Gasteiger partial charge in [-0.15, -0.1) is 0 Å². The predicted octanol–water partition coefficient (Wildman–Crippen LogP) is 0.277. The molecule has 3 N–H and O–H groups in total. The van der Waals surface area contributed by atoms with Crippen molar-refractivity contribution in [2.24, 2.45) is 5.73 Å². The van der Waals surface area contributed by atoms with Crippen LogP contribution in [0.2, 0.25) is 0 Å². The summed E-state index contributed by atoms with van der Waals surface area (Å²) in [6, 6.07) is 3.21. The molecular formula is C13H15NO6. The number of hydrogen-bond acceptors (Lipinski definition) is 7. The van der Waals surface area contributed by atoms with Gasteiger partial charge in [-0.25, -0.2) is 4.79 Å². The summed E-state index contributed by atoms with van der Waals surface area (Å²) in [4.78, 5) is 32.8. The lowest BCUT2D eigenvalue weighted by Crippen LogP contribution is -2.35. The molecular weight excluding hydrogens is 266 g/mol. The SMILES string of the molecule is CC(=O)OC(=O)[C@@H](N)Cc1ccc(OC(C)=O)c(O)c1. The Labute approximate surface area is 115 Å². The van der Waals surface area contributed by atoms with Crippen LogP contribution in [0.3, 0.4) is 0 Å². The summed E-state index contributed by atoms with van der Waals surface area (Å²) in [5, 5.41) is 9.65. The molecule has 0 aliphatic carbocycles. The van der Waals surface area contributed by atoms with E-state index in [4.69, 9.17) is 10.5 Å². The number of phenols is 1. The van der Waals surface area contributed by atoms with Crippen molar-refractivity contribution in [1.82, 2.24) is 0 Å². The topological polar surface area (TPSA) is 116 Å². The molecule has 0 spiro atoms. The third kappa shape index (κ3) is 4.69. The van der Waals surface area contributed by atoms with Crippen LogP contribution in [0.4, 0.5) is 0 Å². The van der Waals surface area contributed by atoms with Crippen LogP contribution in [-0.4, -0.2) is 29.1 Å². The van der Waals surface area contributed by atoms with Gasteiger partial charge in [0.25, 0.3) is 0 Å². The van der Waals surface area contributed by atoms with E-state index in [9.17, 15) is 19.5 Å². The van der Waals surface area contributed by atoms with Crippen molar-refractivity contribution in [1.29, 1.82) is 0 Å². The number of phenolic OH excluding ortho intramolecular Hbond substituents is 1. The van der Waals surface area contributed by atoms with Crippen molar-refractivity contribution in [3.8, 4) is 11.5 Å². The van der Waals surface area contributed by atoms with Crippen LogP contribution in [0.25, 0.3) is 0 Å². The summed E-state index contributed by atoms with van der Waals surface area (Å²) < 4.78 is 9.10. The minimum atomic E-state index is -1.03. The van der Waals surface area contributed by atoms with Crippen LogP contribution in [0.15, 0.2) is 18.2 Å². The smallest absolute Gasteiger partial charge is 0.330 e. The van der Waals surface area contributed by atoms with E-state index in [0.29, 0.717) is 5.56 Å². The van der Waals surface area contributed by atoms with Gasteiger partial charge in [-0.3, -0.25) is 9.59 Å². The number of esters is 3. The predicted molar refractivity (Wildman–Crippen MR) is 67.9 cm³/mol. The van der Waals surface area contributed by atoms with Gasteiger partial charge in [-0.1, -0.05) is 6.07 Å². The maximum absolute atomic E-state index is 11.4. The number of hydrogen-bond donors (Lipinski definition) is 2. The minimum absolute atomic E-state index is 0.0149. The van der Waals surface area contributed by atoms with Crippen LogP contribution >= 0.6 is 0 Å². The van der Waals surface area contributed by atoms with E-state index >= 15 is 0 Å². The Morgan fingerprint density at radius 3 is 2.40 bits per heavy atom. The maximum atomic E-state index is 11.4. The fraction of sp³-hybridized carbons (Fsp3) is 0.308. The summed E-state index contributed by atoms with van der Waals surface area (Å²) in [6.07, 6.45) is 0.0695. The second-order valence-corrected chi connectivity index (χ2v) is 4.12. The fourth-order valence-corrected chi connectivity index (χ4v) is 1.49. The molecule has 0 aromatic heterocycles. The molecule has 1 aromatic carbocycles. The van der Waals surface area contributed by atoms with E-state index in [0.717, 1.165) is 6.92 Å². The average Bonchev–Trinajstić information content (AvgIpc) is 2.31. The fourth-order valence-electron chi connectivity index (χ4n) is 1.49. The van der Waals surface area contributed by atoms with Crippen molar-refractivity contribution >= 4 is 17.9 Å². The number of carbonyl (C=O) groups excluding carboxylic acids is 3. The van der Waals surface area contributed by atoms with Crippen molar-refractivity contribution in [3.63, 3.8) is 0 Å². The highest BCUT2D eigenvalue weighted by Gasteiger charge is 2.18. The summed E-state index contributed by atoms with van der Waals surface area (Å²) in [5.41, 5.74) is 6.11. The molecule has 1 aromatic rings. The number of ether oxygens (including phenoxy) is 2. The lowest BCUT2D eigenvalue weighted by Gasteiger charge is -2.11. The standard InChI is InChI=1S/C13H15NO6/c1-7(15)19-12-4-3-9(6-11(12)17)5-10(14)13(18)20-8(2)16/h3-4,6,10,17H,5,14H2,1-2H3/t10-/m0/s1. The van der Waals surface area contributed by atoms with Crippen LogP contribution in [0.5, 0.6) is 11.5 Å². The van der Waals surface area contributed by atoms with E-state index in [1.54, 1.807) is 6.07 Å². The first-order valence-corrected chi connectivity index (χ1v) is 5.77. The van der Waals surface area contributed by atoms with E-state index in [-0.39, 0.29) is 17.9 Å². The summed E-state index contributed by atoms with van der Waals surface area (Å²) >= 11 is 0. The van der Waals surface area contributed by atoms with Gasteiger partial charge in [0.05, 0.1) is 0 Å². The van der Waals surface area contributed by atoms with Crippen LogP contribution in [0, 0.1) is 0 Å². The number of carbonyl (C=O) groups is 3. The lowest BCUT2D eigenvalue weighted by molar-refractivity contribution is -0.159. The van der Waals surface area contributed by atoms with Gasteiger partial charge in [-0.05, 0) is 24.1 Å². The number of nitrogens with two attached hydrogens (primary N) is 1. The van der Waals surface area contributed by atoms with Crippen molar-refractivity contribution in [3.05, 3.63) is 23.8 Å². The van der Waals surface area contributed by atoms with E-state index in [2.05, 4.69) is 4.74 Å². The highest BCUT2D eigenvalue weighted by atomic mass is 16.6. The Bertz CT molecular complexity index is 540. The third-order valence-electron chi connectivity index (χ3n) is 2.28. The highest BCUT2D eigenvalue weighted by Crippen LogP contribution is 2.27. The molecule has 0 fully saturated rings. The molecule has 0 aliphatic heterocycles. The monoisotopic (exact) mass is 281 g/mol. The summed E-state index contributed by atoms with van der Waals surface area (Å²) in [6.45, 7) is 2.31. The van der Waals surface area contributed by atoms with E-state index in [1.165, 1.54) is 19.1 Å². The van der Waals surface area contributed by atoms with Gasteiger partial charge in [0.15, 0.2) is 11.5 Å². The molecule has 1 rings (SSSR count). The van der Waals surface area contributed by atoms with Gasteiger partial charge in [0.2, 0.25) is 0 Å². The van der Waals surface area contributed by atoms with E-state index in [1.807, 2.05) is 0 Å². The first kappa shape index (κ1) is 15.6. The van der Waals surface area contributed by atoms with E-state index < -0.39 is 23.9 Å². The maximum Gasteiger partial charge on any atom is 0.330 e. The molecule has 0 heterocycles. The molecule has 0 radical (unpaired) electrons. The second-order valence-electron chi connectivity index (χ2n) is 4.12. The van der Waals surface area contributed by atoms with Crippen molar-refractivity contribution in [2.45, 2.75) is 26.3 Å². The molecule has 1 atom stereocenters. The number of aromatic hydroxyl groups is 1. The zero-order valence-electron chi connectivity index (χ0n) is 11.1. The third-order valence-corrected chi connectivity index (χ3v) is 2.28. The zero-order chi connectivity index (χ0) is 15.3. The number of rotatable bonds is 4. The zero-order valence-corrected chi connectivity index (χ0v) is 11.1. The molecule has 0 saturated carbocycles.